The summed E-state index contributed by atoms with van der Waals surface area (Å²) in [6.07, 6.45) is 1.96. The van der Waals surface area contributed by atoms with Gasteiger partial charge in [0.25, 0.3) is 0 Å². The molecule has 0 aromatic rings. The molecule has 62 valence electrons. The molecule has 0 atom stereocenters. The molecular weight excluding hydrogens is 149 g/mol. The summed E-state index contributed by atoms with van der Waals surface area (Å²) in [5, 5.41) is 8.20. The first-order valence-electron chi connectivity index (χ1n) is 3.31. The van der Waals surface area contributed by atoms with E-state index in [2.05, 4.69) is 0 Å². The molecule has 1 heterocycles. The van der Waals surface area contributed by atoms with Crippen LogP contribution in [0.4, 0.5) is 4.39 Å². The van der Waals surface area contributed by atoms with Crippen molar-refractivity contribution >= 4 is 5.97 Å². The highest BCUT2D eigenvalue weighted by Gasteiger charge is 2.38. The van der Waals surface area contributed by atoms with Gasteiger partial charge in [0.05, 0.1) is 0 Å². The highest BCUT2D eigenvalue weighted by molar-refractivity contribution is 5.80. The number of hydrogen-bond acceptors (Lipinski definition) is 2. The highest BCUT2D eigenvalue weighted by atomic mass is 19.1. The molecule has 1 rings (SSSR count). The third kappa shape index (κ3) is 2.01. The number of rotatable bonds is 2. The molecule has 0 radical (unpaired) electrons. The van der Waals surface area contributed by atoms with Crippen LogP contribution in [-0.4, -0.2) is 41.8 Å². The average Bonchev–Trinajstić information content (AvgIpc) is 1.81. The maximum Gasteiger partial charge on any atom is 0.328 e. The standard InChI is InChI=1S/C7H10FNO2/c1-9-4-7(8,5-9)3-2-6(10)11/h2-3H,4-5H2,1H3,(H,10,11)/b3-2+. The number of carbonyl (C=O) groups is 1. The van der Waals surface area contributed by atoms with Crippen LogP contribution in [0.5, 0.6) is 0 Å². The van der Waals surface area contributed by atoms with Crippen LogP contribution in [0, 0.1) is 0 Å². The third-order valence-corrected chi connectivity index (χ3v) is 1.59. The number of alkyl halides is 1. The van der Waals surface area contributed by atoms with E-state index in [1.54, 1.807) is 11.9 Å². The van der Waals surface area contributed by atoms with Gasteiger partial charge < -0.3 is 5.11 Å². The number of nitrogens with zero attached hydrogens (tertiary/aromatic N) is 1. The lowest BCUT2D eigenvalue weighted by Crippen LogP contribution is -2.55. The zero-order valence-corrected chi connectivity index (χ0v) is 6.25. The van der Waals surface area contributed by atoms with Crippen molar-refractivity contribution < 1.29 is 14.3 Å². The van der Waals surface area contributed by atoms with Gasteiger partial charge in [0.15, 0.2) is 5.67 Å². The summed E-state index contributed by atoms with van der Waals surface area (Å²) in [5.41, 5.74) is -1.41. The number of carboxylic acid groups (broad SMARTS) is 1. The van der Waals surface area contributed by atoms with Gasteiger partial charge in [0, 0.05) is 19.2 Å². The molecule has 3 nitrogen and oxygen atoms in total. The van der Waals surface area contributed by atoms with E-state index in [-0.39, 0.29) is 13.1 Å². The minimum absolute atomic E-state index is 0.288. The highest BCUT2D eigenvalue weighted by Crippen LogP contribution is 2.24. The van der Waals surface area contributed by atoms with E-state index in [1.165, 1.54) is 0 Å². The van der Waals surface area contributed by atoms with Gasteiger partial charge in [-0.05, 0) is 13.1 Å². The van der Waals surface area contributed by atoms with Crippen LogP contribution in [0.1, 0.15) is 0 Å². The van der Waals surface area contributed by atoms with Gasteiger partial charge in [-0.15, -0.1) is 0 Å². The number of halogens is 1. The molecule has 0 aromatic heterocycles. The molecule has 0 spiro atoms. The Morgan fingerprint density at radius 1 is 1.73 bits per heavy atom. The molecule has 1 N–H and O–H groups in total. The van der Waals surface area contributed by atoms with Crippen molar-refractivity contribution in [1.29, 1.82) is 0 Å². The summed E-state index contributed by atoms with van der Waals surface area (Å²) < 4.78 is 13.1. The Morgan fingerprint density at radius 3 is 2.64 bits per heavy atom. The van der Waals surface area contributed by atoms with Crippen LogP contribution in [0.3, 0.4) is 0 Å². The topological polar surface area (TPSA) is 40.5 Å². The lowest BCUT2D eigenvalue weighted by atomic mass is 9.97. The minimum atomic E-state index is -1.41. The fraction of sp³-hybridized carbons (Fsp3) is 0.571. The number of aliphatic carboxylic acids is 1. The minimum Gasteiger partial charge on any atom is -0.478 e. The molecule has 0 aliphatic carbocycles. The predicted octanol–water partition coefficient (Wildman–Crippen LogP) is 0.281. The molecule has 4 heteroatoms. The Labute approximate surface area is 64.1 Å². The fourth-order valence-corrected chi connectivity index (χ4v) is 1.18. The van der Waals surface area contributed by atoms with E-state index >= 15 is 0 Å². The average molecular weight is 159 g/mol. The quantitative estimate of drug-likeness (QED) is 0.588. The molecule has 1 saturated heterocycles. The van der Waals surface area contributed by atoms with Crippen molar-refractivity contribution in [3.8, 4) is 0 Å². The summed E-state index contributed by atoms with van der Waals surface area (Å²) in [5.74, 6) is -1.10. The number of hydrogen-bond donors (Lipinski definition) is 1. The van der Waals surface area contributed by atoms with E-state index in [0.29, 0.717) is 0 Å². The van der Waals surface area contributed by atoms with Crippen LogP contribution < -0.4 is 0 Å². The second kappa shape index (κ2) is 2.62. The number of carboxylic acids is 1. The largest absolute Gasteiger partial charge is 0.478 e. The smallest absolute Gasteiger partial charge is 0.328 e. The summed E-state index contributed by atoms with van der Waals surface area (Å²) in [7, 11) is 1.78. The Bertz CT molecular complexity index is 197. The van der Waals surface area contributed by atoms with E-state index < -0.39 is 11.6 Å². The normalized spacial score (nSPS) is 23.5. The first kappa shape index (κ1) is 8.20. The van der Waals surface area contributed by atoms with E-state index in [9.17, 15) is 9.18 Å². The zero-order valence-electron chi connectivity index (χ0n) is 6.25. The molecule has 0 unspecified atom stereocenters. The van der Waals surface area contributed by atoms with E-state index in [4.69, 9.17) is 5.11 Å². The van der Waals surface area contributed by atoms with Crippen LogP contribution in [-0.2, 0) is 4.79 Å². The summed E-state index contributed by atoms with van der Waals surface area (Å²) in [6.45, 7) is 0.577. The maximum absolute atomic E-state index is 13.1. The van der Waals surface area contributed by atoms with Crippen molar-refractivity contribution in [1.82, 2.24) is 4.90 Å². The van der Waals surface area contributed by atoms with Gasteiger partial charge in [-0.25, -0.2) is 9.18 Å². The maximum atomic E-state index is 13.1. The van der Waals surface area contributed by atoms with E-state index in [0.717, 1.165) is 12.2 Å². The van der Waals surface area contributed by atoms with E-state index in [1.807, 2.05) is 0 Å². The summed E-state index contributed by atoms with van der Waals surface area (Å²) >= 11 is 0. The molecule has 0 bridgehead atoms. The molecule has 0 amide bonds. The summed E-state index contributed by atoms with van der Waals surface area (Å²) in [6, 6.07) is 0. The third-order valence-electron chi connectivity index (χ3n) is 1.59. The van der Waals surface area contributed by atoms with Crippen molar-refractivity contribution in [2.45, 2.75) is 5.67 Å². The Balaban J connectivity index is 2.43. The first-order chi connectivity index (χ1) is 5.02. The van der Waals surface area contributed by atoms with Gasteiger partial charge in [0.1, 0.15) is 0 Å². The van der Waals surface area contributed by atoms with Crippen LogP contribution in [0.25, 0.3) is 0 Å². The second-order valence-electron chi connectivity index (χ2n) is 2.88. The fourth-order valence-electron chi connectivity index (χ4n) is 1.18. The Morgan fingerprint density at radius 2 is 2.27 bits per heavy atom. The second-order valence-corrected chi connectivity index (χ2v) is 2.88. The van der Waals surface area contributed by atoms with Crippen LogP contribution in [0.2, 0.25) is 0 Å². The van der Waals surface area contributed by atoms with Gasteiger partial charge in [-0.2, -0.15) is 0 Å². The van der Waals surface area contributed by atoms with Gasteiger partial charge in [0.2, 0.25) is 0 Å². The van der Waals surface area contributed by atoms with Crippen LogP contribution >= 0.6 is 0 Å². The van der Waals surface area contributed by atoms with Crippen molar-refractivity contribution in [3.63, 3.8) is 0 Å². The zero-order chi connectivity index (χ0) is 8.48. The molecule has 1 fully saturated rings. The lowest BCUT2D eigenvalue weighted by Gasteiger charge is -2.39. The molecule has 0 aromatic carbocycles. The molecule has 1 aliphatic heterocycles. The molecular formula is C7H10FNO2. The van der Waals surface area contributed by atoms with Crippen LogP contribution in [0.15, 0.2) is 12.2 Å². The van der Waals surface area contributed by atoms with Gasteiger partial charge in [-0.1, -0.05) is 0 Å². The van der Waals surface area contributed by atoms with Crippen molar-refractivity contribution in [2.75, 3.05) is 20.1 Å². The lowest BCUT2D eigenvalue weighted by molar-refractivity contribution is -0.131. The predicted molar refractivity (Wildman–Crippen MR) is 38.1 cm³/mol. The monoisotopic (exact) mass is 159 g/mol. The van der Waals surface area contributed by atoms with Gasteiger partial charge in [-0.3, -0.25) is 4.90 Å². The molecule has 11 heavy (non-hydrogen) atoms. The Hall–Kier alpha value is -0.900. The SMILES string of the molecule is CN1CC(F)(/C=C/C(=O)O)C1. The van der Waals surface area contributed by atoms with Crippen molar-refractivity contribution in [3.05, 3.63) is 12.2 Å². The molecule has 1 aliphatic rings. The van der Waals surface area contributed by atoms with Gasteiger partial charge >= 0.3 is 5.97 Å². The molecule has 0 saturated carbocycles. The first-order valence-corrected chi connectivity index (χ1v) is 3.31. The number of likely N-dealkylation sites (tertiary alicyclic amines) is 1. The Kier molecular flexibility index (Phi) is 1.95. The summed E-state index contributed by atoms with van der Waals surface area (Å²) in [4.78, 5) is 11.8. The van der Waals surface area contributed by atoms with Crippen molar-refractivity contribution in [2.24, 2.45) is 0 Å².